The van der Waals surface area contributed by atoms with E-state index in [1.165, 1.54) is 40.6 Å². The molecule has 0 unspecified atom stereocenters. The molecule has 2 fully saturated rings. The topological polar surface area (TPSA) is 21.3 Å². The highest BCUT2D eigenvalue weighted by atomic mass is 32.1. The van der Waals surface area contributed by atoms with Gasteiger partial charge in [-0.1, -0.05) is 12.1 Å². The standard InChI is InChI=1S/C16H19NOS/c1-18-13-4-2-3-12-15(10-5-6-10)14(19-16(12)13)9-17-11-7-8-11/h2-4,10-11,17H,5-9H2,1H3. The van der Waals surface area contributed by atoms with Crippen molar-refractivity contribution in [2.75, 3.05) is 7.11 Å². The molecule has 1 aromatic heterocycles. The van der Waals surface area contributed by atoms with Crippen molar-refractivity contribution in [3.8, 4) is 5.75 Å². The minimum Gasteiger partial charge on any atom is -0.495 e. The van der Waals surface area contributed by atoms with E-state index in [4.69, 9.17) is 4.74 Å². The Bertz CT molecular complexity index is 610. The Morgan fingerprint density at radius 2 is 2.11 bits per heavy atom. The first-order chi connectivity index (χ1) is 9.36. The van der Waals surface area contributed by atoms with Crippen LogP contribution in [0, 0.1) is 0 Å². The summed E-state index contributed by atoms with van der Waals surface area (Å²) in [6.45, 7) is 1.04. The molecule has 2 aliphatic rings. The zero-order valence-electron chi connectivity index (χ0n) is 11.2. The van der Waals surface area contributed by atoms with Crippen LogP contribution >= 0.6 is 11.3 Å². The number of ether oxygens (including phenoxy) is 1. The molecule has 4 rings (SSSR count). The third-order valence-electron chi connectivity index (χ3n) is 4.13. The number of fused-ring (bicyclic) bond motifs is 1. The van der Waals surface area contributed by atoms with Crippen LogP contribution < -0.4 is 10.1 Å². The van der Waals surface area contributed by atoms with E-state index < -0.39 is 0 Å². The predicted octanol–water partition coefficient (Wildman–Crippen LogP) is 4.04. The molecular weight excluding hydrogens is 254 g/mol. The molecule has 0 bridgehead atoms. The van der Waals surface area contributed by atoms with Gasteiger partial charge in [0.25, 0.3) is 0 Å². The second-order valence-electron chi connectivity index (χ2n) is 5.71. The Morgan fingerprint density at radius 3 is 2.79 bits per heavy atom. The maximum absolute atomic E-state index is 5.52. The van der Waals surface area contributed by atoms with Crippen LogP contribution in [-0.2, 0) is 6.54 Å². The van der Waals surface area contributed by atoms with Gasteiger partial charge in [0.2, 0.25) is 0 Å². The monoisotopic (exact) mass is 273 g/mol. The summed E-state index contributed by atoms with van der Waals surface area (Å²) in [5.74, 6) is 1.83. The quantitative estimate of drug-likeness (QED) is 0.887. The second kappa shape index (κ2) is 4.50. The summed E-state index contributed by atoms with van der Waals surface area (Å²) in [6, 6.07) is 7.24. The Kier molecular flexibility index (Phi) is 2.78. The van der Waals surface area contributed by atoms with Gasteiger partial charge in [0, 0.05) is 22.8 Å². The van der Waals surface area contributed by atoms with Crippen molar-refractivity contribution in [1.82, 2.24) is 5.32 Å². The molecule has 19 heavy (non-hydrogen) atoms. The maximum Gasteiger partial charge on any atom is 0.136 e. The Morgan fingerprint density at radius 1 is 1.26 bits per heavy atom. The molecule has 1 aromatic carbocycles. The van der Waals surface area contributed by atoms with E-state index in [0.717, 1.165) is 24.3 Å². The van der Waals surface area contributed by atoms with E-state index in [0.29, 0.717) is 0 Å². The molecule has 0 saturated heterocycles. The van der Waals surface area contributed by atoms with E-state index in [1.54, 1.807) is 12.7 Å². The van der Waals surface area contributed by atoms with Gasteiger partial charge in [-0.2, -0.15) is 0 Å². The second-order valence-corrected chi connectivity index (χ2v) is 6.81. The molecule has 2 aliphatic carbocycles. The predicted molar refractivity (Wildman–Crippen MR) is 80.2 cm³/mol. The summed E-state index contributed by atoms with van der Waals surface area (Å²) in [7, 11) is 1.77. The molecule has 3 heteroatoms. The van der Waals surface area contributed by atoms with Crippen molar-refractivity contribution < 1.29 is 4.74 Å². The van der Waals surface area contributed by atoms with E-state index in [2.05, 4.69) is 23.5 Å². The molecule has 1 N–H and O–H groups in total. The average Bonchev–Trinajstić information content (AvgIpc) is 3.33. The maximum atomic E-state index is 5.52. The third-order valence-corrected chi connectivity index (χ3v) is 5.36. The zero-order valence-corrected chi connectivity index (χ0v) is 12.1. The molecule has 2 saturated carbocycles. The smallest absolute Gasteiger partial charge is 0.136 e. The molecule has 0 aliphatic heterocycles. The molecule has 2 aromatic rings. The summed E-state index contributed by atoms with van der Waals surface area (Å²) in [4.78, 5) is 1.54. The normalized spacial score (nSPS) is 19.0. The van der Waals surface area contributed by atoms with Gasteiger partial charge >= 0.3 is 0 Å². The Hall–Kier alpha value is -1.06. The number of nitrogens with one attached hydrogen (secondary N) is 1. The van der Waals surface area contributed by atoms with Crippen LogP contribution in [0.1, 0.15) is 42.0 Å². The third kappa shape index (κ3) is 2.15. The number of hydrogen-bond acceptors (Lipinski definition) is 3. The lowest BCUT2D eigenvalue weighted by atomic mass is 10.1. The van der Waals surface area contributed by atoms with Crippen molar-refractivity contribution in [3.05, 3.63) is 28.6 Å². The van der Waals surface area contributed by atoms with Gasteiger partial charge in [0.15, 0.2) is 0 Å². The van der Waals surface area contributed by atoms with Gasteiger partial charge in [-0.15, -0.1) is 11.3 Å². The molecule has 0 radical (unpaired) electrons. The van der Waals surface area contributed by atoms with Crippen LogP contribution in [0.3, 0.4) is 0 Å². The van der Waals surface area contributed by atoms with Gasteiger partial charge in [-0.05, 0) is 43.2 Å². The zero-order chi connectivity index (χ0) is 12.8. The van der Waals surface area contributed by atoms with Crippen molar-refractivity contribution in [2.45, 2.75) is 44.2 Å². The lowest BCUT2D eigenvalue weighted by Crippen LogP contribution is -2.15. The first kappa shape index (κ1) is 11.7. The van der Waals surface area contributed by atoms with Gasteiger partial charge in [0.05, 0.1) is 11.8 Å². The minimum atomic E-state index is 0.777. The number of methoxy groups -OCH3 is 1. The number of hydrogen-bond donors (Lipinski definition) is 1. The molecule has 0 spiro atoms. The summed E-state index contributed by atoms with van der Waals surface area (Å²) in [6.07, 6.45) is 5.43. The first-order valence-electron chi connectivity index (χ1n) is 7.18. The summed E-state index contributed by atoms with van der Waals surface area (Å²) in [5, 5.41) is 5.09. The van der Waals surface area contributed by atoms with Gasteiger partial charge < -0.3 is 10.1 Å². The fourth-order valence-electron chi connectivity index (χ4n) is 2.80. The fourth-order valence-corrected chi connectivity index (χ4v) is 4.13. The van der Waals surface area contributed by atoms with Crippen LogP contribution in [-0.4, -0.2) is 13.2 Å². The molecule has 0 amide bonds. The van der Waals surface area contributed by atoms with Crippen LogP contribution in [0.25, 0.3) is 10.1 Å². The van der Waals surface area contributed by atoms with Gasteiger partial charge in [-0.3, -0.25) is 0 Å². The lowest BCUT2D eigenvalue weighted by molar-refractivity contribution is 0.420. The number of benzene rings is 1. The lowest BCUT2D eigenvalue weighted by Gasteiger charge is -2.04. The highest BCUT2D eigenvalue weighted by Gasteiger charge is 2.31. The van der Waals surface area contributed by atoms with Crippen LogP contribution in [0.4, 0.5) is 0 Å². The molecule has 2 nitrogen and oxygen atoms in total. The minimum absolute atomic E-state index is 0.777. The molecule has 1 heterocycles. The SMILES string of the molecule is COc1cccc2c(C3CC3)c(CNC3CC3)sc12. The van der Waals surface area contributed by atoms with E-state index >= 15 is 0 Å². The van der Waals surface area contributed by atoms with Crippen molar-refractivity contribution in [1.29, 1.82) is 0 Å². The largest absolute Gasteiger partial charge is 0.495 e. The van der Waals surface area contributed by atoms with E-state index in [1.807, 2.05) is 11.3 Å². The molecule has 0 atom stereocenters. The van der Waals surface area contributed by atoms with Gasteiger partial charge in [-0.25, -0.2) is 0 Å². The summed E-state index contributed by atoms with van der Waals surface area (Å²) >= 11 is 1.93. The molecule has 100 valence electrons. The number of thiophene rings is 1. The van der Waals surface area contributed by atoms with E-state index in [-0.39, 0.29) is 0 Å². The van der Waals surface area contributed by atoms with E-state index in [9.17, 15) is 0 Å². The summed E-state index contributed by atoms with van der Waals surface area (Å²) < 4.78 is 6.86. The summed E-state index contributed by atoms with van der Waals surface area (Å²) in [5.41, 5.74) is 1.60. The average molecular weight is 273 g/mol. The first-order valence-corrected chi connectivity index (χ1v) is 8.00. The van der Waals surface area contributed by atoms with Crippen LogP contribution in [0.2, 0.25) is 0 Å². The Balaban J connectivity index is 1.78. The Labute approximate surface area is 117 Å². The number of rotatable bonds is 5. The van der Waals surface area contributed by atoms with Crippen LogP contribution in [0.5, 0.6) is 5.75 Å². The van der Waals surface area contributed by atoms with Crippen molar-refractivity contribution in [2.24, 2.45) is 0 Å². The highest BCUT2D eigenvalue weighted by molar-refractivity contribution is 7.19. The molecular formula is C16H19NOS. The highest BCUT2D eigenvalue weighted by Crippen LogP contribution is 2.49. The fraction of sp³-hybridized carbons (Fsp3) is 0.500. The van der Waals surface area contributed by atoms with Crippen LogP contribution in [0.15, 0.2) is 18.2 Å². The van der Waals surface area contributed by atoms with Crippen molar-refractivity contribution >= 4 is 21.4 Å². The van der Waals surface area contributed by atoms with Crippen molar-refractivity contribution in [3.63, 3.8) is 0 Å². The van der Waals surface area contributed by atoms with Gasteiger partial charge in [0.1, 0.15) is 5.75 Å².